The number of hydrogen-bond donors (Lipinski definition) is 1. The molecule has 74 valence electrons. The molecule has 0 spiro atoms. The Hall–Kier alpha value is -1.35. The summed E-state index contributed by atoms with van der Waals surface area (Å²) in [7, 11) is 0. The molecule has 0 amide bonds. The Labute approximate surface area is 87.9 Å². The first kappa shape index (κ1) is 10.7. The fourth-order valence-corrected chi connectivity index (χ4v) is 1.29. The molecule has 0 bridgehead atoms. The minimum absolute atomic E-state index is 0.409. The van der Waals surface area contributed by atoms with Crippen molar-refractivity contribution >= 4 is 28.2 Å². The molecule has 0 aliphatic carbocycles. The third-order valence-electron chi connectivity index (χ3n) is 1.63. The number of nitrogens with two attached hydrogens (primary N) is 1. The first-order chi connectivity index (χ1) is 6.77. The van der Waals surface area contributed by atoms with Crippen LogP contribution in [-0.4, -0.2) is 9.97 Å². The van der Waals surface area contributed by atoms with Crippen LogP contribution in [0.2, 0.25) is 5.15 Å². The highest BCUT2D eigenvalue weighted by Gasteiger charge is 2.00. The first-order valence-electron chi connectivity index (χ1n) is 4.43. The van der Waals surface area contributed by atoms with Gasteiger partial charge in [-0.1, -0.05) is 25.4 Å². The molecule has 14 heavy (non-hydrogen) atoms. The van der Waals surface area contributed by atoms with Gasteiger partial charge in [-0.05, 0) is 17.5 Å². The Bertz CT molecular complexity index is 429. The van der Waals surface area contributed by atoms with Gasteiger partial charge in [-0.3, -0.25) is 4.98 Å². The lowest BCUT2D eigenvalue weighted by atomic mass is 10.2. The normalized spacial score (nSPS) is 9.36. The summed E-state index contributed by atoms with van der Waals surface area (Å²) in [4.78, 5) is 7.85. The molecule has 0 fully saturated rings. The molecule has 0 aromatic carbocycles. The smallest absolute Gasteiger partial charge is 0.134 e. The molecular formula is C10H12ClN3. The van der Waals surface area contributed by atoms with Crippen LogP contribution in [0.5, 0.6) is 0 Å². The van der Waals surface area contributed by atoms with E-state index in [2.05, 4.69) is 9.97 Å². The summed E-state index contributed by atoms with van der Waals surface area (Å²) in [6.45, 7) is 4.00. The second kappa shape index (κ2) is 4.77. The molecule has 4 heteroatoms. The maximum atomic E-state index is 5.71. The standard InChI is InChI=1S/C8H6ClN3.C2H6/c9-7-3-5-1-2-11-4-6(5)8(10)12-7;1-2/h1-4H,(H2,10,12);1-2H3. The highest BCUT2D eigenvalue weighted by atomic mass is 35.5. The number of fused-ring (bicyclic) bond motifs is 1. The molecule has 0 atom stereocenters. The lowest BCUT2D eigenvalue weighted by Gasteiger charge is -1.99. The Balaban J connectivity index is 0.000000461. The van der Waals surface area contributed by atoms with Crippen LogP contribution in [0.15, 0.2) is 24.5 Å². The van der Waals surface area contributed by atoms with E-state index >= 15 is 0 Å². The van der Waals surface area contributed by atoms with Crippen LogP contribution in [0.3, 0.4) is 0 Å². The summed E-state index contributed by atoms with van der Waals surface area (Å²) in [6, 6.07) is 3.61. The summed E-state index contributed by atoms with van der Waals surface area (Å²) in [5, 5.41) is 2.20. The van der Waals surface area contributed by atoms with Crippen molar-refractivity contribution in [1.29, 1.82) is 0 Å². The molecule has 2 rings (SSSR count). The number of anilines is 1. The van der Waals surface area contributed by atoms with Crippen LogP contribution in [0.4, 0.5) is 5.82 Å². The van der Waals surface area contributed by atoms with E-state index in [-0.39, 0.29) is 0 Å². The van der Waals surface area contributed by atoms with E-state index in [9.17, 15) is 0 Å². The Morgan fingerprint density at radius 1 is 1.36 bits per heavy atom. The fourth-order valence-electron chi connectivity index (χ4n) is 1.08. The monoisotopic (exact) mass is 209 g/mol. The van der Waals surface area contributed by atoms with Crippen molar-refractivity contribution in [2.45, 2.75) is 13.8 Å². The van der Waals surface area contributed by atoms with Gasteiger partial charge < -0.3 is 5.73 Å². The van der Waals surface area contributed by atoms with Gasteiger partial charge in [-0.2, -0.15) is 0 Å². The third kappa shape index (κ3) is 2.12. The molecule has 2 aromatic heterocycles. The van der Waals surface area contributed by atoms with E-state index < -0.39 is 0 Å². The highest BCUT2D eigenvalue weighted by molar-refractivity contribution is 6.30. The van der Waals surface area contributed by atoms with E-state index in [0.717, 1.165) is 10.8 Å². The number of halogens is 1. The number of nitrogen functional groups attached to an aromatic ring is 1. The topological polar surface area (TPSA) is 51.8 Å². The fraction of sp³-hybridized carbons (Fsp3) is 0.200. The molecule has 2 aromatic rings. The number of pyridine rings is 2. The lowest BCUT2D eigenvalue weighted by molar-refractivity contribution is 1.32. The zero-order valence-corrected chi connectivity index (χ0v) is 8.92. The van der Waals surface area contributed by atoms with Crippen molar-refractivity contribution in [3.63, 3.8) is 0 Å². The van der Waals surface area contributed by atoms with Gasteiger partial charge in [0.05, 0.1) is 0 Å². The van der Waals surface area contributed by atoms with Gasteiger partial charge >= 0.3 is 0 Å². The summed E-state index contributed by atoms with van der Waals surface area (Å²) in [5.41, 5.74) is 5.62. The Morgan fingerprint density at radius 3 is 2.79 bits per heavy atom. The summed E-state index contributed by atoms with van der Waals surface area (Å²) >= 11 is 5.71. The van der Waals surface area contributed by atoms with Crippen molar-refractivity contribution < 1.29 is 0 Å². The minimum Gasteiger partial charge on any atom is -0.383 e. The van der Waals surface area contributed by atoms with Crippen LogP contribution >= 0.6 is 11.6 Å². The lowest BCUT2D eigenvalue weighted by Crippen LogP contribution is -1.92. The third-order valence-corrected chi connectivity index (χ3v) is 1.83. The molecule has 3 nitrogen and oxygen atoms in total. The van der Waals surface area contributed by atoms with Crippen LogP contribution in [0.1, 0.15) is 13.8 Å². The van der Waals surface area contributed by atoms with Gasteiger partial charge in [0.25, 0.3) is 0 Å². The average Bonchev–Trinajstić information content (AvgIpc) is 2.20. The second-order valence-corrected chi connectivity index (χ2v) is 2.81. The summed E-state index contributed by atoms with van der Waals surface area (Å²) < 4.78 is 0. The zero-order chi connectivity index (χ0) is 10.6. The minimum atomic E-state index is 0.409. The van der Waals surface area contributed by atoms with Crippen molar-refractivity contribution in [3.05, 3.63) is 29.7 Å². The molecule has 0 radical (unpaired) electrons. The van der Waals surface area contributed by atoms with Crippen LogP contribution < -0.4 is 5.73 Å². The Kier molecular flexibility index (Phi) is 3.65. The first-order valence-corrected chi connectivity index (χ1v) is 4.81. The van der Waals surface area contributed by atoms with E-state index in [1.54, 1.807) is 18.5 Å². The summed E-state index contributed by atoms with van der Waals surface area (Å²) in [5.74, 6) is 0.422. The molecule has 0 saturated heterocycles. The van der Waals surface area contributed by atoms with Crippen molar-refractivity contribution in [2.75, 3.05) is 5.73 Å². The van der Waals surface area contributed by atoms with E-state index in [1.807, 2.05) is 19.9 Å². The van der Waals surface area contributed by atoms with Gasteiger partial charge in [0.15, 0.2) is 0 Å². The highest BCUT2D eigenvalue weighted by Crippen LogP contribution is 2.20. The zero-order valence-electron chi connectivity index (χ0n) is 8.16. The average molecular weight is 210 g/mol. The van der Waals surface area contributed by atoms with Crippen molar-refractivity contribution in [1.82, 2.24) is 9.97 Å². The SMILES string of the molecule is CC.Nc1nc(Cl)cc2ccncc12. The largest absolute Gasteiger partial charge is 0.383 e. The van der Waals surface area contributed by atoms with Gasteiger partial charge in [-0.15, -0.1) is 0 Å². The molecular weight excluding hydrogens is 198 g/mol. The van der Waals surface area contributed by atoms with Crippen LogP contribution in [-0.2, 0) is 0 Å². The number of rotatable bonds is 0. The quantitative estimate of drug-likeness (QED) is 0.679. The summed E-state index contributed by atoms with van der Waals surface area (Å²) in [6.07, 6.45) is 3.37. The van der Waals surface area contributed by atoms with Gasteiger partial charge in [0.1, 0.15) is 11.0 Å². The van der Waals surface area contributed by atoms with Gasteiger partial charge in [0.2, 0.25) is 0 Å². The van der Waals surface area contributed by atoms with Gasteiger partial charge in [0, 0.05) is 17.8 Å². The molecule has 0 aliphatic heterocycles. The number of hydrogen-bond acceptors (Lipinski definition) is 3. The van der Waals surface area contributed by atoms with E-state index in [1.165, 1.54) is 0 Å². The van der Waals surface area contributed by atoms with E-state index in [4.69, 9.17) is 17.3 Å². The predicted molar refractivity (Wildman–Crippen MR) is 60.3 cm³/mol. The van der Waals surface area contributed by atoms with E-state index in [0.29, 0.717) is 11.0 Å². The molecule has 0 unspecified atom stereocenters. The van der Waals surface area contributed by atoms with Crippen LogP contribution in [0.25, 0.3) is 10.8 Å². The van der Waals surface area contributed by atoms with Crippen LogP contribution in [0, 0.1) is 0 Å². The number of aromatic nitrogens is 2. The molecule has 0 aliphatic rings. The maximum absolute atomic E-state index is 5.71. The van der Waals surface area contributed by atoms with Crippen molar-refractivity contribution in [2.24, 2.45) is 0 Å². The second-order valence-electron chi connectivity index (χ2n) is 2.43. The molecule has 2 N–H and O–H groups in total. The van der Waals surface area contributed by atoms with Crippen molar-refractivity contribution in [3.8, 4) is 0 Å². The maximum Gasteiger partial charge on any atom is 0.134 e. The van der Waals surface area contributed by atoms with Gasteiger partial charge in [-0.25, -0.2) is 4.98 Å². The predicted octanol–water partition coefficient (Wildman–Crippen LogP) is 2.89. The molecule has 0 saturated carbocycles. The number of nitrogens with zero attached hydrogens (tertiary/aromatic N) is 2. The Morgan fingerprint density at radius 2 is 2.07 bits per heavy atom. The molecule has 2 heterocycles.